The summed E-state index contributed by atoms with van der Waals surface area (Å²) in [5.41, 5.74) is 1.78. The third kappa shape index (κ3) is 4.30. The van der Waals surface area contributed by atoms with Gasteiger partial charge in [-0.3, -0.25) is 0 Å². The van der Waals surface area contributed by atoms with E-state index in [-0.39, 0.29) is 12.1 Å². The minimum absolute atomic E-state index is 0.0264. The molecule has 180 valence electrons. The lowest BCUT2D eigenvalue weighted by Crippen LogP contribution is -2.37. The summed E-state index contributed by atoms with van der Waals surface area (Å²) in [6, 6.07) is 6.72. The summed E-state index contributed by atoms with van der Waals surface area (Å²) >= 11 is 1.73. The van der Waals surface area contributed by atoms with E-state index >= 15 is 0 Å². The number of hydrogen-bond acceptors (Lipinski definition) is 8. The Morgan fingerprint density at radius 3 is 2.80 bits per heavy atom. The van der Waals surface area contributed by atoms with Gasteiger partial charge in [0.25, 0.3) is 0 Å². The number of nitrogens with zero attached hydrogens (tertiary/aromatic N) is 6. The maximum Gasteiger partial charge on any atom is 0.229 e. The maximum atomic E-state index is 14.1. The van der Waals surface area contributed by atoms with Gasteiger partial charge in [0, 0.05) is 24.5 Å². The largest absolute Gasteiger partial charge is 0.378 e. The Hall–Kier alpha value is -3.64. The van der Waals surface area contributed by atoms with Gasteiger partial charge in [0.1, 0.15) is 11.3 Å². The SMILES string of the molecule is Fc1ccc2[nH]c(CNc3nc(N4CCOCC4)nc4c3ncn4CCc3cccs3)nc2c1F. The predicted octanol–water partition coefficient (Wildman–Crippen LogP) is 3.73. The number of morpholine rings is 1. The summed E-state index contributed by atoms with van der Waals surface area (Å²) < 4.78 is 35.2. The number of nitrogens with one attached hydrogen (secondary N) is 2. The van der Waals surface area contributed by atoms with Gasteiger partial charge in [0.05, 0.1) is 31.6 Å². The molecule has 2 N–H and O–H groups in total. The Balaban J connectivity index is 1.32. The highest BCUT2D eigenvalue weighted by Gasteiger charge is 2.20. The van der Waals surface area contributed by atoms with Gasteiger partial charge in [-0.1, -0.05) is 6.07 Å². The van der Waals surface area contributed by atoms with Crippen LogP contribution in [0.3, 0.4) is 0 Å². The van der Waals surface area contributed by atoms with Crippen molar-refractivity contribution in [3.8, 4) is 0 Å². The minimum Gasteiger partial charge on any atom is -0.378 e. The van der Waals surface area contributed by atoms with E-state index in [4.69, 9.17) is 14.7 Å². The Bertz CT molecular complexity index is 1480. The number of hydrogen-bond donors (Lipinski definition) is 2. The lowest BCUT2D eigenvalue weighted by atomic mass is 10.3. The quantitative estimate of drug-likeness (QED) is 0.354. The third-order valence-electron chi connectivity index (χ3n) is 5.94. The first kappa shape index (κ1) is 21.9. The Morgan fingerprint density at radius 2 is 1.97 bits per heavy atom. The monoisotopic (exact) mass is 496 g/mol. The lowest BCUT2D eigenvalue weighted by Gasteiger charge is -2.27. The summed E-state index contributed by atoms with van der Waals surface area (Å²) in [6.07, 6.45) is 2.66. The lowest BCUT2D eigenvalue weighted by molar-refractivity contribution is 0.122. The van der Waals surface area contributed by atoms with Crippen LogP contribution >= 0.6 is 11.3 Å². The average molecular weight is 497 g/mol. The first-order valence-corrected chi connectivity index (χ1v) is 12.2. The zero-order valence-electron chi connectivity index (χ0n) is 18.7. The Labute approximate surface area is 202 Å². The topological polar surface area (TPSA) is 96.8 Å². The number of aryl methyl sites for hydroxylation is 2. The number of aromatic nitrogens is 6. The van der Waals surface area contributed by atoms with Crippen LogP contribution in [0.25, 0.3) is 22.2 Å². The normalized spacial score (nSPS) is 14.3. The van der Waals surface area contributed by atoms with E-state index in [1.165, 1.54) is 10.9 Å². The molecule has 9 nitrogen and oxygen atoms in total. The van der Waals surface area contributed by atoms with Crippen LogP contribution in [-0.2, 0) is 24.2 Å². The van der Waals surface area contributed by atoms with Crippen LogP contribution in [0.4, 0.5) is 20.5 Å². The number of imidazole rings is 2. The molecular formula is C23H22F2N8OS. The van der Waals surface area contributed by atoms with E-state index in [0.717, 1.165) is 24.7 Å². The van der Waals surface area contributed by atoms with E-state index in [1.54, 1.807) is 17.7 Å². The van der Waals surface area contributed by atoms with Crippen molar-refractivity contribution in [2.45, 2.75) is 19.5 Å². The van der Waals surface area contributed by atoms with Crippen LogP contribution in [0.15, 0.2) is 36.0 Å². The van der Waals surface area contributed by atoms with Crippen molar-refractivity contribution in [3.63, 3.8) is 0 Å². The van der Waals surface area contributed by atoms with Gasteiger partial charge in [-0.2, -0.15) is 9.97 Å². The molecule has 0 unspecified atom stereocenters. The van der Waals surface area contributed by atoms with Crippen LogP contribution in [-0.4, -0.2) is 55.8 Å². The second kappa shape index (κ2) is 9.19. The Morgan fingerprint density at radius 1 is 1.09 bits per heavy atom. The second-order valence-electron chi connectivity index (χ2n) is 8.21. The summed E-state index contributed by atoms with van der Waals surface area (Å²) in [7, 11) is 0. The van der Waals surface area contributed by atoms with Crippen molar-refractivity contribution in [2.75, 3.05) is 36.5 Å². The fourth-order valence-electron chi connectivity index (χ4n) is 4.13. The van der Waals surface area contributed by atoms with Gasteiger partial charge in [0.2, 0.25) is 5.95 Å². The summed E-state index contributed by atoms with van der Waals surface area (Å²) in [4.78, 5) is 24.8. The zero-order valence-corrected chi connectivity index (χ0v) is 19.5. The number of ether oxygens (including phenoxy) is 1. The molecule has 5 heterocycles. The first-order valence-electron chi connectivity index (χ1n) is 11.3. The number of rotatable bonds is 7. The predicted molar refractivity (Wildman–Crippen MR) is 130 cm³/mol. The van der Waals surface area contributed by atoms with Crippen LogP contribution < -0.4 is 10.2 Å². The van der Waals surface area contributed by atoms with Gasteiger partial charge in [-0.25, -0.2) is 18.7 Å². The summed E-state index contributed by atoms with van der Waals surface area (Å²) in [6.45, 7) is 3.59. The van der Waals surface area contributed by atoms with E-state index in [1.807, 2.05) is 10.6 Å². The molecule has 4 aromatic heterocycles. The molecule has 1 aromatic carbocycles. The van der Waals surface area contributed by atoms with E-state index in [9.17, 15) is 8.78 Å². The molecule has 1 saturated heterocycles. The number of benzene rings is 1. The van der Waals surface area contributed by atoms with E-state index < -0.39 is 11.6 Å². The molecule has 0 bridgehead atoms. The van der Waals surface area contributed by atoms with E-state index in [0.29, 0.717) is 54.9 Å². The average Bonchev–Trinajstić information content (AvgIpc) is 3.64. The first-order chi connectivity index (χ1) is 17.2. The molecule has 0 spiro atoms. The molecule has 0 radical (unpaired) electrons. The van der Waals surface area contributed by atoms with Crippen LogP contribution in [0.1, 0.15) is 10.7 Å². The highest BCUT2D eigenvalue weighted by molar-refractivity contribution is 7.09. The Kier molecular flexibility index (Phi) is 5.74. The van der Waals surface area contributed by atoms with Crippen LogP contribution in [0, 0.1) is 11.6 Å². The summed E-state index contributed by atoms with van der Waals surface area (Å²) in [5, 5.41) is 5.34. The van der Waals surface area contributed by atoms with Crippen molar-refractivity contribution in [1.82, 2.24) is 29.5 Å². The molecule has 0 atom stereocenters. The number of anilines is 2. The maximum absolute atomic E-state index is 14.1. The van der Waals surface area contributed by atoms with Crippen LogP contribution in [0.5, 0.6) is 0 Å². The molecule has 1 aliphatic rings. The molecule has 0 saturated carbocycles. The smallest absolute Gasteiger partial charge is 0.229 e. The van der Waals surface area contributed by atoms with Crippen molar-refractivity contribution in [2.24, 2.45) is 0 Å². The van der Waals surface area contributed by atoms with Crippen molar-refractivity contribution in [1.29, 1.82) is 0 Å². The fraction of sp³-hybridized carbons (Fsp3) is 0.304. The van der Waals surface area contributed by atoms with Gasteiger partial charge in [-0.05, 0) is 30.0 Å². The number of thiophene rings is 1. The summed E-state index contributed by atoms with van der Waals surface area (Å²) in [5.74, 6) is -0.281. The molecule has 5 aromatic rings. The third-order valence-corrected chi connectivity index (χ3v) is 6.88. The fourth-order valence-corrected chi connectivity index (χ4v) is 4.83. The molecule has 35 heavy (non-hydrogen) atoms. The molecule has 1 fully saturated rings. The second-order valence-corrected chi connectivity index (χ2v) is 9.24. The minimum atomic E-state index is -0.964. The molecule has 12 heteroatoms. The molecule has 1 aliphatic heterocycles. The standard InChI is InChI=1S/C23H22F2N8OS/c24-15-3-4-16-19(18(15)25)29-17(28-16)12-26-21-20-22(31-23(30-21)32-7-9-34-10-8-32)33(13-27-20)6-5-14-2-1-11-35-14/h1-4,11,13H,5-10,12H2,(H,28,29)(H,26,30,31). The van der Waals surface area contributed by atoms with Gasteiger partial charge in [0.15, 0.2) is 28.6 Å². The van der Waals surface area contributed by atoms with Crippen molar-refractivity contribution >= 4 is 45.3 Å². The van der Waals surface area contributed by atoms with Gasteiger partial charge >= 0.3 is 0 Å². The van der Waals surface area contributed by atoms with Gasteiger partial charge in [-0.15, -0.1) is 11.3 Å². The molecule has 0 aliphatic carbocycles. The molecule has 0 amide bonds. The highest BCUT2D eigenvalue weighted by Crippen LogP contribution is 2.25. The highest BCUT2D eigenvalue weighted by atomic mass is 32.1. The van der Waals surface area contributed by atoms with Crippen molar-refractivity contribution < 1.29 is 13.5 Å². The number of aromatic amines is 1. The number of fused-ring (bicyclic) bond motifs is 2. The molecular weight excluding hydrogens is 474 g/mol. The van der Waals surface area contributed by atoms with Crippen LogP contribution in [0.2, 0.25) is 0 Å². The molecule has 6 rings (SSSR count). The van der Waals surface area contributed by atoms with E-state index in [2.05, 4.69) is 36.6 Å². The number of H-pyrrole nitrogens is 1. The number of halogens is 2. The zero-order chi connectivity index (χ0) is 23.8. The van der Waals surface area contributed by atoms with Gasteiger partial charge < -0.3 is 24.5 Å². The van der Waals surface area contributed by atoms with Crippen molar-refractivity contribution in [3.05, 3.63) is 58.3 Å².